The Morgan fingerprint density at radius 2 is 1.17 bits per heavy atom. The molecule has 2 fully saturated rings. The van der Waals surface area contributed by atoms with Gasteiger partial charge in [-0.25, -0.2) is 9.97 Å². The van der Waals surface area contributed by atoms with Crippen LogP contribution in [0.4, 0.5) is 0 Å². The highest BCUT2D eigenvalue weighted by molar-refractivity contribution is 6.52. The van der Waals surface area contributed by atoms with Crippen LogP contribution in [0.25, 0.3) is 11.2 Å². The van der Waals surface area contributed by atoms with Crippen molar-refractivity contribution >= 4 is 24.3 Å². The molecule has 2 saturated carbocycles. The van der Waals surface area contributed by atoms with Crippen molar-refractivity contribution in [3.8, 4) is 0 Å². The van der Waals surface area contributed by atoms with Crippen molar-refractivity contribution in [2.75, 3.05) is 0 Å². The molecule has 0 aliphatic heterocycles. The second kappa shape index (κ2) is 11.9. The van der Waals surface area contributed by atoms with Gasteiger partial charge >= 0.3 is 0 Å². The van der Waals surface area contributed by atoms with Crippen molar-refractivity contribution < 1.29 is 4.42 Å². The first-order valence-corrected chi connectivity index (χ1v) is 13.1. The van der Waals surface area contributed by atoms with E-state index in [2.05, 4.69) is 12.1 Å². The van der Waals surface area contributed by atoms with Gasteiger partial charge in [0.1, 0.15) is 11.3 Å². The van der Waals surface area contributed by atoms with Crippen LogP contribution in [0, 0.1) is 0 Å². The van der Waals surface area contributed by atoms with Crippen molar-refractivity contribution in [1.29, 1.82) is 0 Å². The summed E-state index contributed by atoms with van der Waals surface area (Å²) < 4.78 is 6.21. The van der Waals surface area contributed by atoms with E-state index in [0.717, 1.165) is 30.1 Å². The molecular formula is C26H41BN2O. The van der Waals surface area contributed by atoms with Gasteiger partial charge in [-0.3, -0.25) is 0 Å². The molecule has 2 heterocycles. The minimum absolute atomic E-state index is 0.600. The fourth-order valence-electron chi connectivity index (χ4n) is 5.64. The van der Waals surface area contributed by atoms with Gasteiger partial charge in [0.25, 0.3) is 0 Å². The van der Waals surface area contributed by atoms with Gasteiger partial charge in [-0.15, -0.1) is 0 Å². The van der Waals surface area contributed by atoms with Gasteiger partial charge in [0.15, 0.2) is 0 Å². The third kappa shape index (κ3) is 6.59. The number of rotatable bonds is 3. The average molecular weight is 408 g/mol. The maximum atomic E-state index is 6.21. The normalized spacial score (nSPS) is 22.0. The van der Waals surface area contributed by atoms with Gasteiger partial charge in [0.2, 0.25) is 13.0 Å². The van der Waals surface area contributed by atoms with E-state index in [1.165, 1.54) is 121 Å². The molecule has 0 unspecified atom stereocenters. The minimum Gasteiger partial charge on any atom is -0.433 e. The van der Waals surface area contributed by atoms with Crippen LogP contribution in [0.3, 0.4) is 0 Å². The predicted octanol–water partition coefficient (Wildman–Crippen LogP) is 7.21. The molecule has 2 aliphatic carbocycles. The Morgan fingerprint density at radius 1 is 0.633 bits per heavy atom. The molecule has 2 aromatic rings. The molecule has 0 N–H and O–H groups in total. The molecule has 164 valence electrons. The number of pyridine rings is 1. The molecule has 0 saturated heterocycles. The van der Waals surface area contributed by atoms with E-state index < -0.39 is 0 Å². The molecule has 2 aromatic heterocycles. The van der Waals surface area contributed by atoms with Crippen LogP contribution in [0.2, 0.25) is 5.82 Å². The van der Waals surface area contributed by atoms with Gasteiger partial charge < -0.3 is 4.42 Å². The Bertz CT molecular complexity index is 737. The SMILES string of the molecule is B(c1nc2ccc(C3CCCCCCCC3)nc2o1)C1CCCCCCCCCC1. The van der Waals surface area contributed by atoms with Crippen molar-refractivity contribution in [3.05, 3.63) is 17.8 Å². The van der Waals surface area contributed by atoms with Gasteiger partial charge in [0, 0.05) is 11.6 Å². The summed E-state index contributed by atoms with van der Waals surface area (Å²) in [6, 6.07) is 4.39. The van der Waals surface area contributed by atoms with E-state index in [1.54, 1.807) is 0 Å². The monoisotopic (exact) mass is 408 g/mol. The summed E-state index contributed by atoms with van der Waals surface area (Å²) >= 11 is 0. The Balaban J connectivity index is 1.41. The Morgan fingerprint density at radius 3 is 1.77 bits per heavy atom. The Hall–Kier alpha value is -1.32. The highest BCUT2D eigenvalue weighted by Crippen LogP contribution is 2.30. The van der Waals surface area contributed by atoms with Gasteiger partial charge in [-0.05, 0) is 25.0 Å². The quantitative estimate of drug-likeness (QED) is 0.504. The zero-order valence-electron chi connectivity index (χ0n) is 19.0. The van der Waals surface area contributed by atoms with Crippen LogP contribution in [-0.4, -0.2) is 17.2 Å². The third-order valence-corrected chi connectivity index (χ3v) is 7.53. The Labute approximate surface area is 184 Å². The largest absolute Gasteiger partial charge is 0.433 e. The highest BCUT2D eigenvalue weighted by Gasteiger charge is 2.19. The van der Waals surface area contributed by atoms with Crippen LogP contribution >= 0.6 is 0 Å². The number of fused-ring (bicyclic) bond motifs is 1. The average Bonchev–Trinajstić information content (AvgIpc) is 3.19. The van der Waals surface area contributed by atoms with Crippen LogP contribution in [-0.2, 0) is 0 Å². The summed E-state index contributed by atoms with van der Waals surface area (Å²) in [6.45, 7) is 0. The molecule has 4 heteroatoms. The summed E-state index contributed by atoms with van der Waals surface area (Å²) in [4.78, 5) is 9.79. The molecule has 0 radical (unpaired) electrons. The van der Waals surface area contributed by atoms with Crippen molar-refractivity contribution in [2.24, 2.45) is 0 Å². The zero-order chi connectivity index (χ0) is 20.4. The second-order valence-corrected chi connectivity index (χ2v) is 10.0. The van der Waals surface area contributed by atoms with Crippen LogP contribution in [0.5, 0.6) is 0 Å². The molecule has 2 aliphatic rings. The van der Waals surface area contributed by atoms with Crippen molar-refractivity contribution in [3.63, 3.8) is 0 Å². The molecule has 0 spiro atoms. The number of aromatic nitrogens is 2. The summed E-state index contributed by atoms with van der Waals surface area (Å²) in [6.07, 6.45) is 24.7. The molecule has 4 rings (SSSR count). The van der Waals surface area contributed by atoms with E-state index in [0.29, 0.717) is 5.92 Å². The smallest absolute Gasteiger partial charge is 0.246 e. The highest BCUT2D eigenvalue weighted by atomic mass is 16.4. The van der Waals surface area contributed by atoms with E-state index in [9.17, 15) is 0 Å². The lowest BCUT2D eigenvalue weighted by Gasteiger charge is -2.14. The maximum absolute atomic E-state index is 6.21. The van der Waals surface area contributed by atoms with Gasteiger partial charge in [-0.2, -0.15) is 0 Å². The molecule has 0 aromatic carbocycles. The number of hydrogen-bond donors (Lipinski definition) is 0. The Kier molecular flexibility index (Phi) is 8.69. The van der Waals surface area contributed by atoms with Crippen LogP contribution < -0.4 is 5.79 Å². The lowest BCUT2D eigenvalue weighted by atomic mass is 9.60. The van der Waals surface area contributed by atoms with Crippen LogP contribution in [0.1, 0.15) is 127 Å². The predicted molar refractivity (Wildman–Crippen MR) is 128 cm³/mol. The van der Waals surface area contributed by atoms with Crippen molar-refractivity contribution in [2.45, 2.75) is 127 Å². The summed E-state index contributed by atoms with van der Waals surface area (Å²) in [5.41, 5.74) is 2.97. The van der Waals surface area contributed by atoms with Crippen molar-refractivity contribution in [1.82, 2.24) is 9.97 Å². The summed E-state index contributed by atoms with van der Waals surface area (Å²) in [5, 5.41) is 0. The minimum atomic E-state index is 0.600. The molecule has 0 amide bonds. The molecular weight excluding hydrogens is 367 g/mol. The maximum Gasteiger partial charge on any atom is 0.246 e. The first-order chi connectivity index (χ1) is 14.9. The van der Waals surface area contributed by atoms with Gasteiger partial charge in [-0.1, -0.05) is 109 Å². The van der Waals surface area contributed by atoms with E-state index in [1.807, 2.05) is 0 Å². The van der Waals surface area contributed by atoms with Crippen LogP contribution in [0.15, 0.2) is 16.5 Å². The summed E-state index contributed by atoms with van der Waals surface area (Å²) in [5.74, 6) is 2.25. The van der Waals surface area contributed by atoms with E-state index in [4.69, 9.17) is 14.4 Å². The molecule has 0 atom stereocenters. The van der Waals surface area contributed by atoms with E-state index >= 15 is 0 Å². The standard InChI is InChI=1S/C26H41BN2O/c1-2-4-10-14-18-22(17-13-9-3-1)27-26-29-24-20-19-23(28-25(24)30-26)21-15-11-7-5-6-8-12-16-21/h19-22,27H,1-18H2. The first kappa shape index (κ1) is 21.9. The lowest BCUT2D eigenvalue weighted by molar-refractivity contribution is 0.525. The second-order valence-electron chi connectivity index (χ2n) is 10.0. The number of hydrogen-bond acceptors (Lipinski definition) is 3. The third-order valence-electron chi connectivity index (χ3n) is 7.53. The first-order valence-electron chi connectivity index (χ1n) is 13.1. The lowest BCUT2D eigenvalue weighted by Crippen LogP contribution is -2.20. The fraction of sp³-hybridized carbons (Fsp3) is 0.769. The molecule has 30 heavy (non-hydrogen) atoms. The fourth-order valence-corrected chi connectivity index (χ4v) is 5.64. The molecule has 0 bridgehead atoms. The summed E-state index contributed by atoms with van der Waals surface area (Å²) in [7, 11) is 0.995. The number of oxazole rings is 1. The number of nitrogens with zero attached hydrogens (tertiary/aromatic N) is 2. The van der Waals surface area contributed by atoms with Gasteiger partial charge in [0.05, 0.1) is 0 Å². The molecule has 3 nitrogen and oxygen atoms in total. The zero-order valence-corrected chi connectivity index (χ0v) is 19.0. The topological polar surface area (TPSA) is 38.9 Å². The van der Waals surface area contributed by atoms with E-state index in [-0.39, 0.29) is 0 Å².